The lowest BCUT2D eigenvalue weighted by Gasteiger charge is -2.14. The van der Waals surface area contributed by atoms with Crippen molar-refractivity contribution in [2.24, 2.45) is 0 Å². The van der Waals surface area contributed by atoms with Crippen LogP contribution in [0, 0.1) is 0 Å². The molecule has 0 saturated carbocycles. The number of sulfone groups is 1. The molecule has 0 aliphatic rings. The summed E-state index contributed by atoms with van der Waals surface area (Å²) in [6.45, 7) is 4.05. The molecule has 0 aliphatic heterocycles. The highest BCUT2D eigenvalue weighted by Crippen LogP contribution is 2.23. The molecule has 0 unspecified atom stereocenters. The highest BCUT2D eigenvalue weighted by molar-refractivity contribution is 7.91. The van der Waals surface area contributed by atoms with Crippen molar-refractivity contribution in [3.05, 3.63) is 58.6 Å². The molecular formula is C19H22ClNO3S. The molecular weight excluding hydrogens is 358 g/mol. The quantitative estimate of drug-likeness (QED) is 0.781. The van der Waals surface area contributed by atoms with Crippen LogP contribution in [0.4, 0.5) is 5.69 Å². The van der Waals surface area contributed by atoms with Gasteiger partial charge in [-0.05, 0) is 48.2 Å². The van der Waals surface area contributed by atoms with Crippen LogP contribution in [0.25, 0.3) is 0 Å². The van der Waals surface area contributed by atoms with Crippen molar-refractivity contribution in [3.63, 3.8) is 0 Å². The van der Waals surface area contributed by atoms with Crippen molar-refractivity contribution >= 4 is 33.0 Å². The first-order valence-corrected chi connectivity index (χ1v) is 10.3. The van der Waals surface area contributed by atoms with E-state index < -0.39 is 9.84 Å². The number of aryl methyl sites for hydroxylation is 2. The first-order chi connectivity index (χ1) is 11.9. The predicted molar refractivity (Wildman–Crippen MR) is 102 cm³/mol. The molecule has 0 bridgehead atoms. The highest BCUT2D eigenvalue weighted by Gasteiger charge is 2.17. The Labute approximate surface area is 154 Å². The summed E-state index contributed by atoms with van der Waals surface area (Å²) >= 11 is 5.78. The van der Waals surface area contributed by atoms with Crippen LogP contribution in [-0.4, -0.2) is 20.1 Å². The van der Waals surface area contributed by atoms with Gasteiger partial charge in [-0.2, -0.15) is 0 Å². The maximum absolute atomic E-state index is 12.3. The van der Waals surface area contributed by atoms with Crippen LogP contribution in [0.5, 0.6) is 0 Å². The molecule has 0 spiro atoms. The Balaban J connectivity index is 2.07. The van der Waals surface area contributed by atoms with Crippen molar-refractivity contribution in [1.82, 2.24) is 0 Å². The van der Waals surface area contributed by atoms with E-state index in [1.165, 1.54) is 24.3 Å². The van der Waals surface area contributed by atoms with Crippen molar-refractivity contribution in [1.29, 1.82) is 0 Å². The lowest BCUT2D eigenvalue weighted by Crippen LogP contribution is -2.19. The van der Waals surface area contributed by atoms with Gasteiger partial charge in [0.2, 0.25) is 5.91 Å². The number of halogens is 1. The van der Waals surface area contributed by atoms with E-state index in [1.54, 1.807) is 0 Å². The summed E-state index contributed by atoms with van der Waals surface area (Å²) in [7, 11) is -3.52. The summed E-state index contributed by atoms with van der Waals surface area (Å²) in [5.41, 5.74) is 2.91. The number of para-hydroxylation sites is 1. The van der Waals surface area contributed by atoms with Gasteiger partial charge in [0.1, 0.15) is 0 Å². The van der Waals surface area contributed by atoms with Crippen molar-refractivity contribution < 1.29 is 13.2 Å². The fourth-order valence-corrected chi connectivity index (χ4v) is 3.96. The second kappa shape index (κ2) is 8.50. The van der Waals surface area contributed by atoms with E-state index in [-0.39, 0.29) is 23.0 Å². The van der Waals surface area contributed by atoms with Crippen molar-refractivity contribution in [2.45, 2.75) is 38.0 Å². The SMILES string of the molecule is CCc1cccc(CC)c1NC(=O)CCS(=O)(=O)c1ccc(Cl)cc1. The number of hydrogen-bond donors (Lipinski definition) is 1. The second-order valence-electron chi connectivity index (χ2n) is 5.73. The smallest absolute Gasteiger partial charge is 0.225 e. The van der Waals surface area contributed by atoms with Crippen LogP contribution >= 0.6 is 11.6 Å². The monoisotopic (exact) mass is 379 g/mol. The Hall–Kier alpha value is -1.85. The molecule has 134 valence electrons. The number of hydrogen-bond acceptors (Lipinski definition) is 3. The Bertz CT molecular complexity index is 823. The molecule has 1 amide bonds. The maximum atomic E-state index is 12.3. The van der Waals surface area contributed by atoms with E-state index in [2.05, 4.69) is 5.32 Å². The summed E-state index contributed by atoms with van der Waals surface area (Å²) in [6.07, 6.45) is 1.51. The zero-order chi connectivity index (χ0) is 18.4. The molecule has 0 atom stereocenters. The van der Waals surface area contributed by atoms with Gasteiger partial charge in [-0.1, -0.05) is 43.6 Å². The third-order valence-corrected chi connectivity index (χ3v) is 6.02. The summed E-state index contributed by atoms with van der Waals surface area (Å²) in [6, 6.07) is 11.9. The van der Waals surface area contributed by atoms with Gasteiger partial charge < -0.3 is 5.32 Å². The van der Waals surface area contributed by atoms with E-state index in [0.717, 1.165) is 29.7 Å². The van der Waals surface area contributed by atoms with E-state index in [4.69, 9.17) is 11.6 Å². The van der Waals surface area contributed by atoms with E-state index in [0.29, 0.717) is 5.02 Å². The minimum absolute atomic E-state index is 0.0911. The fraction of sp³-hybridized carbons (Fsp3) is 0.316. The molecule has 0 heterocycles. The van der Waals surface area contributed by atoms with Crippen molar-refractivity contribution in [2.75, 3.05) is 11.1 Å². The van der Waals surface area contributed by atoms with Crippen LogP contribution in [0.1, 0.15) is 31.4 Å². The number of anilines is 1. The molecule has 2 aromatic rings. The van der Waals surface area contributed by atoms with E-state index in [9.17, 15) is 13.2 Å². The Kier molecular flexibility index (Phi) is 6.62. The number of carbonyl (C=O) groups is 1. The van der Waals surface area contributed by atoms with Gasteiger partial charge in [-0.3, -0.25) is 4.79 Å². The number of nitrogens with one attached hydrogen (secondary N) is 1. The number of carbonyl (C=O) groups excluding carboxylic acids is 1. The number of benzene rings is 2. The maximum Gasteiger partial charge on any atom is 0.225 e. The minimum atomic E-state index is -3.52. The van der Waals surface area contributed by atoms with Gasteiger partial charge in [0.25, 0.3) is 0 Å². The third-order valence-electron chi connectivity index (χ3n) is 4.03. The average Bonchev–Trinajstić information content (AvgIpc) is 2.60. The van der Waals surface area contributed by atoms with Crippen LogP contribution in [-0.2, 0) is 27.5 Å². The number of amides is 1. The van der Waals surface area contributed by atoms with Crippen LogP contribution < -0.4 is 5.32 Å². The van der Waals surface area contributed by atoms with Gasteiger partial charge in [0.15, 0.2) is 9.84 Å². The van der Waals surface area contributed by atoms with E-state index in [1.807, 2.05) is 32.0 Å². The average molecular weight is 380 g/mol. The largest absolute Gasteiger partial charge is 0.326 e. The molecule has 6 heteroatoms. The molecule has 0 aromatic heterocycles. The zero-order valence-electron chi connectivity index (χ0n) is 14.4. The second-order valence-corrected chi connectivity index (χ2v) is 8.27. The standard InChI is InChI=1S/C19H22ClNO3S/c1-3-14-6-5-7-15(4-2)19(14)21-18(22)12-13-25(23,24)17-10-8-16(20)9-11-17/h5-11H,3-4,12-13H2,1-2H3,(H,21,22). The fourth-order valence-electron chi connectivity index (χ4n) is 2.59. The summed E-state index contributed by atoms with van der Waals surface area (Å²) in [4.78, 5) is 12.5. The topological polar surface area (TPSA) is 63.2 Å². The van der Waals surface area contributed by atoms with Crippen molar-refractivity contribution in [3.8, 4) is 0 Å². The molecule has 1 N–H and O–H groups in total. The highest BCUT2D eigenvalue weighted by atomic mass is 35.5. The Morgan fingerprint density at radius 1 is 1.00 bits per heavy atom. The lowest BCUT2D eigenvalue weighted by atomic mass is 10.0. The summed E-state index contributed by atoms with van der Waals surface area (Å²) in [5.74, 6) is -0.538. The first kappa shape index (κ1) is 19.5. The summed E-state index contributed by atoms with van der Waals surface area (Å²) in [5, 5.41) is 3.36. The van der Waals surface area contributed by atoms with Gasteiger partial charge in [-0.25, -0.2) is 8.42 Å². The van der Waals surface area contributed by atoms with Crippen LogP contribution in [0.2, 0.25) is 5.02 Å². The minimum Gasteiger partial charge on any atom is -0.326 e. The number of rotatable bonds is 7. The van der Waals surface area contributed by atoms with Crippen LogP contribution in [0.15, 0.2) is 47.4 Å². The Morgan fingerprint density at radius 3 is 2.08 bits per heavy atom. The molecule has 2 aromatic carbocycles. The Morgan fingerprint density at radius 2 is 1.56 bits per heavy atom. The third kappa shape index (κ3) is 5.06. The molecule has 0 radical (unpaired) electrons. The molecule has 0 saturated heterocycles. The molecule has 2 rings (SSSR count). The van der Waals surface area contributed by atoms with Gasteiger partial charge in [0.05, 0.1) is 10.6 Å². The molecule has 0 aliphatic carbocycles. The van der Waals surface area contributed by atoms with Gasteiger partial charge >= 0.3 is 0 Å². The molecule has 25 heavy (non-hydrogen) atoms. The van der Waals surface area contributed by atoms with E-state index >= 15 is 0 Å². The predicted octanol–water partition coefficient (Wildman–Crippen LogP) is 4.27. The molecule has 0 fully saturated rings. The van der Waals surface area contributed by atoms with Gasteiger partial charge in [-0.15, -0.1) is 0 Å². The molecule has 4 nitrogen and oxygen atoms in total. The van der Waals surface area contributed by atoms with Crippen LogP contribution in [0.3, 0.4) is 0 Å². The lowest BCUT2D eigenvalue weighted by molar-refractivity contribution is -0.115. The summed E-state index contributed by atoms with van der Waals surface area (Å²) < 4.78 is 24.6. The normalized spacial score (nSPS) is 11.3. The van der Waals surface area contributed by atoms with Gasteiger partial charge in [0, 0.05) is 17.1 Å². The first-order valence-electron chi connectivity index (χ1n) is 8.26. The zero-order valence-corrected chi connectivity index (χ0v) is 16.0.